The summed E-state index contributed by atoms with van der Waals surface area (Å²) in [5.74, 6) is 0.314. The number of nitrogens with two attached hydrogens (primary N) is 1. The van der Waals surface area contributed by atoms with E-state index in [-0.39, 0.29) is 17.5 Å². The van der Waals surface area contributed by atoms with Gasteiger partial charge in [0.05, 0.1) is 17.8 Å². The van der Waals surface area contributed by atoms with Gasteiger partial charge in [0, 0.05) is 24.5 Å². The van der Waals surface area contributed by atoms with Gasteiger partial charge in [-0.15, -0.1) is 0 Å². The van der Waals surface area contributed by atoms with Crippen molar-refractivity contribution in [3.63, 3.8) is 0 Å². The molecular weight excluding hydrogens is 214 g/mol. The highest BCUT2D eigenvalue weighted by atomic mass is 32.2. The number of sulfone groups is 1. The van der Waals surface area contributed by atoms with E-state index in [4.69, 9.17) is 5.73 Å². The second-order valence-corrected chi connectivity index (χ2v) is 6.01. The highest BCUT2D eigenvalue weighted by Gasteiger charge is 2.11. The molecule has 0 radical (unpaired) electrons. The first-order valence-electron chi connectivity index (χ1n) is 4.92. The molecule has 0 amide bonds. The molecule has 5 nitrogen and oxygen atoms in total. The molecule has 0 bridgehead atoms. The third-order valence-electron chi connectivity index (χ3n) is 2.29. The third kappa shape index (κ3) is 3.32. The van der Waals surface area contributed by atoms with Crippen LogP contribution >= 0.6 is 0 Å². The van der Waals surface area contributed by atoms with Crippen molar-refractivity contribution in [2.24, 2.45) is 5.73 Å². The summed E-state index contributed by atoms with van der Waals surface area (Å²) in [6, 6.07) is -0.128. The molecule has 0 fully saturated rings. The molecule has 0 aliphatic carbocycles. The van der Waals surface area contributed by atoms with E-state index >= 15 is 0 Å². The smallest absolute Gasteiger partial charge is 0.151 e. The van der Waals surface area contributed by atoms with Crippen molar-refractivity contribution in [2.75, 3.05) is 11.5 Å². The highest BCUT2D eigenvalue weighted by molar-refractivity contribution is 7.91. The lowest BCUT2D eigenvalue weighted by molar-refractivity contribution is 0.584. The van der Waals surface area contributed by atoms with Gasteiger partial charge >= 0.3 is 0 Å². The van der Waals surface area contributed by atoms with Crippen molar-refractivity contribution in [3.8, 4) is 0 Å². The Morgan fingerprint density at radius 3 is 2.80 bits per heavy atom. The molecule has 0 unspecified atom stereocenters. The average Bonchev–Trinajstić information content (AvgIpc) is 2.63. The Labute approximate surface area is 90.2 Å². The van der Waals surface area contributed by atoms with Gasteiger partial charge in [0.25, 0.3) is 0 Å². The lowest BCUT2D eigenvalue weighted by Gasteiger charge is -2.10. The minimum Gasteiger partial charge on any atom is -0.332 e. The second-order valence-electron chi connectivity index (χ2n) is 3.54. The van der Waals surface area contributed by atoms with Crippen LogP contribution in [0.4, 0.5) is 0 Å². The summed E-state index contributed by atoms with van der Waals surface area (Å²) in [5, 5.41) is 0. The largest absolute Gasteiger partial charge is 0.332 e. The Balaban J connectivity index is 2.70. The van der Waals surface area contributed by atoms with Crippen LogP contribution in [0, 0.1) is 0 Å². The number of hydrogen-bond acceptors (Lipinski definition) is 4. The Morgan fingerprint density at radius 1 is 1.60 bits per heavy atom. The molecule has 0 spiro atoms. The molecule has 1 atom stereocenters. The number of imidazole rings is 1. The Bertz CT molecular complexity index is 409. The molecule has 2 N–H and O–H groups in total. The fraction of sp³-hybridized carbons (Fsp3) is 0.667. The molecule has 0 aromatic carbocycles. The van der Waals surface area contributed by atoms with Crippen molar-refractivity contribution in [2.45, 2.75) is 26.4 Å². The van der Waals surface area contributed by atoms with Crippen LogP contribution in [0.2, 0.25) is 0 Å². The molecule has 0 aliphatic heterocycles. The molecule has 86 valence electrons. The SMILES string of the molecule is CCS(=O)(=O)CCn1cncc1[C@@H](C)N. The maximum absolute atomic E-state index is 11.3. The Hall–Kier alpha value is -0.880. The zero-order valence-electron chi connectivity index (χ0n) is 9.05. The predicted octanol–water partition coefficient (Wildman–Crippen LogP) is 0.337. The van der Waals surface area contributed by atoms with Crippen molar-refractivity contribution < 1.29 is 8.42 Å². The van der Waals surface area contributed by atoms with E-state index in [0.29, 0.717) is 6.54 Å². The van der Waals surface area contributed by atoms with Crippen LogP contribution in [-0.4, -0.2) is 29.5 Å². The van der Waals surface area contributed by atoms with Crippen molar-refractivity contribution in [3.05, 3.63) is 18.2 Å². The fourth-order valence-electron chi connectivity index (χ4n) is 1.28. The van der Waals surface area contributed by atoms with Gasteiger partial charge in [-0.2, -0.15) is 0 Å². The highest BCUT2D eigenvalue weighted by Crippen LogP contribution is 2.08. The summed E-state index contributed by atoms with van der Waals surface area (Å²) in [6.07, 6.45) is 3.28. The first-order valence-corrected chi connectivity index (χ1v) is 6.74. The topological polar surface area (TPSA) is 78.0 Å². The second kappa shape index (κ2) is 4.76. The van der Waals surface area contributed by atoms with E-state index in [0.717, 1.165) is 5.69 Å². The summed E-state index contributed by atoms with van der Waals surface area (Å²) < 4.78 is 24.4. The molecule has 1 heterocycles. The maximum atomic E-state index is 11.3. The zero-order chi connectivity index (χ0) is 11.5. The van der Waals surface area contributed by atoms with E-state index in [1.807, 2.05) is 6.92 Å². The summed E-state index contributed by atoms with van der Waals surface area (Å²) in [7, 11) is -2.93. The minimum absolute atomic E-state index is 0.128. The monoisotopic (exact) mass is 231 g/mol. The molecular formula is C9H17N3O2S. The summed E-state index contributed by atoms with van der Waals surface area (Å²) >= 11 is 0. The lowest BCUT2D eigenvalue weighted by Crippen LogP contribution is -2.18. The van der Waals surface area contributed by atoms with Gasteiger partial charge in [-0.05, 0) is 6.92 Å². The van der Waals surface area contributed by atoms with Gasteiger partial charge in [0.1, 0.15) is 0 Å². The van der Waals surface area contributed by atoms with Crippen LogP contribution in [0.15, 0.2) is 12.5 Å². The molecule has 1 rings (SSSR count). The molecule has 15 heavy (non-hydrogen) atoms. The third-order valence-corrected chi connectivity index (χ3v) is 3.98. The van der Waals surface area contributed by atoms with Gasteiger partial charge < -0.3 is 10.3 Å². The van der Waals surface area contributed by atoms with E-state index in [9.17, 15) is 8.42 Å². The standard InChI is InChI=1S/C9H17N3O2S/c1-3-15(13,14)5-4-12-7-11-6-9(12)8(2)10/h6-8H,3-5,10H2,1-2H3/t8-/m1/s1. The number of aryl methyl sites for hydroxylation is 1. The van der Waals surface area contributed by atoms with Gasteiger partial charge in [-0.25, -0.2) is 13.4 Å². The van der Waals surface area contributed by atoms with Crippen LogP contribution in [0.25, 0.3) is 0 Å². The molecule has 6 heteroatoms. The van der Waals surface area contributed by atoms with Crippen LogP contribution < -0.4 is 5.73 Å². The first-order chi connectivity index (χ1) is 6.96. The van der Waals surface area contributed by atoms with Crippen LogP contribution in [0.1, 0.15) is 25.6 Å². The van der Waals surface area contributed by atoms with Gasteiger partial charge in [0.2, 0.25) is 0 Å². The molecule has 0 saturated carbocycles. The average molecular weight is 231 g/mol. The molecule has 0 saturated heterocycles. The number of nitrogens with zero attached hydrogens (tertiary/aromatic N) is 2. The van der Waals surface area contributed by atoms with Crippen molar-refractivity contribution in [1.29, 1.82) is 0 Å². The van der Waals surface area contributed by atoms with E-state index in [2.05, 4.69) is 4.98 Å². The van der Waals surface area contributed by atoms with Crippen LogP contribution in [-0.2, 0) is 16.4 Å². The Kier molecular flexibility index (Phi) is 3.87. The minimum atomic E-state index is -2.93. The van der Waals surface area contributed by atoms with Gasteiger partial charge in [0.15, 0.2) is 9.84 Å². The van der Waals surface area contributed by atoms with Gasteiger partial charge in [-0.3, -0.25) is 0 Å². The summed E-state index contributed by atoms with van der Waals surface area (Å²) in [5.41, 5.74) is 6.58. The molecule has 0 aliphatic rings. The quantitative estimate of drug-likeness (QED) is 0.792. The number of aromatic nitrogens is 2. The lowest BCUT2D eigenvalue weighted by atomic mass is 10.3. The maximum Gasteiger partial charge on any atom is 0.151 e. The predicted molar refractivity (Wildman–Crippen MR) is 59.2 cm³/mol. The van der Waals surface area contributed by atoms with E-state index in [1.54, 1.807) is 24.0 Å². The van der Waals surface area contributed by atoms with Crippen molar-refractivity contribution >= 4 is 9.84 Å². The number of rotatable bonds is 5. The van der Waals surface area contributed by atoms with Crippen molar-refractivity contribution in [1.82, 2.24) is 9.55 Å². The zero-order valence-corrected chi connectivity index (χ0v) is 9.87. The van der Waals surface area contributed by atoms with Crippen LogP contribution in [0.3, 0.4) is 0 Å². The van der Waals surface area contributed by atoms with E-state index < -0.39 is 9.84 Å². The summed E-state index contributed by atoms with van der Waals surface area (Å²) in [6.45, 7) is 3.92. The number of hydrogen-bond donors (Lipinski definition) is 1. The van der Waals surface area contributed by atoms with Gasteiger partial charge in [-0.1, -0.05) is 6.92 Å². The van der Waals surface area contributed by atoms with Crippen LogP contribution in [0.5, 0.6) is 0 Å². The molecule has 1 aromatic rings. The summed E-state index contributed by atoms with van der Waals surface area (Å²) in [4.78, 5) is 3.96. The molecule has 1 aromatic heterocycles. The van der Waals surface area contributed by atoms with E-state index in [1.165, 1.54) is 0 Å². The first kappa shape index (κ1) is 12.2. The fourth-order valence-corrected chi connectivity index (χ4v) is 2.04. The Morgan fingerprint density at radius 2 is 2.27 bits per heavy atom. The normalized spacial score (nSPS) is 14.1.